The van der Waals surface area contributed by atoms with E-state index in [4.69, 9.17) is 5.73 Å². The minimum atomic E-state index is -4.07. The highest BCUT2D eigenvalue weighted by Crippen LogP contribution is 2.27. The number of hydrogen-bond donors (Lipinski definition) is 2. The lowest BCUT2D eigenvalue weighted by atomic mass is 10.3. The maximum atomic E-state index is 13.7. The van der Waals surface area contributed by atoms with Crippen LogP contribution in [0, 0.1) is 5.82 Å². The van der Waals surface area contributed by atoms with Gasteiger partial charge in [-0.3, -0.25) is 9.12 Å². The Labute approximate surface area is 131 Å². The molecule has 0 aliphatic rings. The molecule has 0 radical (unpaired) electrons. The summed E-state index contributed by atoms with van der Waals surface area (Å²) in [6, 6.07) is 3.95. The van der Waals surface area contributed by atoms with Crippen LogP contribution < -0.4 is 10.5 Å². The van der Waals surface area contributed by atoms with Crippen LogP contribution in [0.3, 0.4) is 0 Å². The van der Waals surface area contributed by atoms with Crippen LogP contribution in [0.2, 0.25) is 0 Å². The molecule has 0 amide bonds. The summed E-state index contributed by atoms with van der Waals surface area (Å²) in [6.45, 7) is 0. The third-order valence-electron chi connectivity index (χ3n) is 2.67. The van der Waals surface area contributed by atoms with E-state index in [1.165, 1.54) is 34.1 Å². The van der Waals surface area contributed by atoms with Gasteiger partial charge in [-0.15, -0.1) is 11.3 Å². The number of nitrogen functional groups attached to an aromatic ring is 1. The van der Waals surface area contributed by atoms with E-state index >= 15 is 0 Å². The summed E-state index contributed by atoms with van der Waals surface area (Å²) in [5, 5.41) is 1.47. The molecule has 110 valence electrons. The summed E-state index contributed by atoms with van der Waals surface area (Å²) in [7, 11) is -4.07. The first-order valence-corrected chi connectivity index (χ1v) is 8.73. The van der Waals surface area contributed by atoms with Gasteiger partial charge in [-0.25, -0.2) is 9.37 Å². The predicted octanol–water partition coefficient (Wildman–Crippen LogP) is 2.68. The lowest BCUT2D eigenvalue weighted by molar-refractivity contribution is 0.594. The minimum Gasteiger partial charge on any atom is -0.381 e. The molecule has 3 aromatic rings. The Morgan fingerprint density at radius 1 is 1.43 bits per heavy atom. The average Bonchev–Trinajstić information content (AvgIpc) is 2.92. The number of nitrogens with two attached hydrogens (primary N) is 1. The molecule has 0 fully saturated rings. The largest absolute Gasteiger partial charge is 0.381 e. The van der Waals surface area contributed by atoms with Crippen LogP contribution in [-0.4, -0.2) is 17.8 Å². The standard InChI is InChI=1S/C11H8BrFN4O2S2/c12-6-1-2-7(13)8(5-6)16-21(18,19)10-9(14)15-11-17(10)3-4-20-11/h1-5,16H,14H2. The molecule has 0 spiro atoms. The molecule has 0 unspecified atom stereocenters. The zero-order valence-electron chi connectivity index (χ0n) is 10.2. The Bertz CT molecular complexity index is 935. The van der Waals surface area contributed by atoms with Crippen molar-refractivity contribution in [1.29, 1.82) is 0 Å². The van der Waals surface area contributed by atoms with Crippen LogP contribution in [0.25, 0.3) is 4.96 Å². The number of fused-ring (bicyclic) bond motifs is 1. The summed E-state index contributed by atoms with van der Waals surface area (Å²) in [5.41, 5.74) is 5.49. The van der Waals surface area contributed by atoms with Crippen molar-refractivity contribution in [2.45, 2.75) is 5.03 Å². The zero-order chi connectivity index (χ0) is 15.2. The van der Waals surface area contributed by atoms with Crippen molar-refractivity contribution in [3.63, 3.8) is 0 Å². The maximum absolute atomic E-state index is 13.7. The third-order valence-corrected chi connectivity index (χ3v) is 5.32. The Hall–Kier alpha value is -1.65. The molecule has 3 rings (SSSR count). The molecule has 0 saturated heterocycles. The van der Waals surface area contributed by atoms with Crippen LogP contribution in [0.15, 0.2) is 39.3 Å². The van der Waals surface area contributed by atoms with Crippen molar-refractivity contribution < 1.29 is 12.8 Å². The van der Waals surface area contributed by atoms with E-state index in [0.717, 1.165) is 6.07 Å². The number of halogens is 2. The number of anilines is 2. The molecule has 6 nitrogen and oxygen atoms in total. The first-order chi connectivity index (χ1) is 9.88. The molecule has 21 heavy (non-hydrogen) atoms. The van der Waals surface area contributed by atoms with Gasteiger partial charge in [0, 0.05) is 16.0 Å². The van der Waals surface area contributed by atoms with E-state index in [1.807, 2.05) is 0 Å². The number of hydrogen-bond acceptors (Lipinski definition) is 5. The predicted molar refractivity (Wildman–Crippen MR) is 82.4 cm³/mol. The Morgan fingerprint density at radius 3 is 2.95 bits per heavy atom. The highest BCUT2D eigenvalue weighted by atomic mass is 79.9. The average molecular weight is 391 g/mol. The van der Waals surface area contributed by atoms with Gasteiger partial charge in [0.1, 0.15) is 5.82 Å². The molecule has 0 atom stereocenters. The summed E-state index contributed by atoms with van der Waals surface area (Å²) in [6.07, 6.45) is 1.54. The number of benzene rings is 1. The lowest BCUT2D eigenvalue weighted by Gasteiger charge is -2.09. The molecule has 0 bridgehead atoms. The molecular formula is C11H8BrFN4O2S2. The van der Waals surface area contributed by atoms with Crippen LogP contribution in [0.5, 0.6) is 0 Å². The molecule has 1 aromatic carbocycles. The first kappa shape index (κ1) is 14.3. The van der Waals surface area contributed by atoms with Gasteiger partial charge in [0.2, 0.25) is 5.03 Å². The monoisotopic (exact) mass is 390 g/mol. The number of imidazole rings is 1. The second-order valence-electron chi connectivity index (χ2n) is 4.09. The normalized spacial score (nSPS) is 11.9. The second-order valence-corrected chi connectivity index (χ2v) is 7.47. The maximum Gasteiger partial charge on any atom is 0.281 e. The Kier molecular flexibility index (Phi) is 3.38. The van der Waals surface area contributed by atoms with Crippen molar-refractivity contribution in [3.8, 4) is 0 Å². The van der Waals surface area contributed by atoms with E-state index < -0.39 is 15.8 Å². The number of nitrogens with zero attached hydrogens (tertiary/aromatic N) is 2. The van der Waals surface area contributed by atoms with Gasteiger partial charge in [-0.05, 0) is 18.2 Å². The van der Waals surface area contributed by atoms with Gasteiger partial charge in [-0.1, -0.05) is 15.9 Å². The van der Waals surface area contributed by atoms with E-state index in [9.17, 15) is 12.8 Å². The number of sulfonamides is 1. The highest BCUT2D eigenvalue weighted by Gasteiger charge is 2.25. The lowest BCUT2D eigenvalue weighted by Crippen LogP contribution is -2.17. The molecule has 2 aromatic heterocycles. The molecule has 10 heteroatoms. The van der Waals surface area contributed by atoms with Crippen molar-refractivity contribution in [2.75, 3.05) is 10.5 Å². The summed E-state index contributed by atoms with van der Waals surface area (Å²) >= 11 is 4.41. The molecule has 2 heterocycles. The van der Waals surface area contributed by atoms with Crippen molar-refractivity contribution in [1.82, 2.24) is 9.38 Å². The van der Waals surface area contributed by atoms with E-state index in [2.05, 4.69) is 25.6 Å². The fourth-order valence-corrected chi connectivity index (χ4v) is 4.23. The van der Waals surface area contributed by atoms with Crippen molar-refractivity contribution in [2.24, 2.45) is 0 Å². The fraction of sp³-hybridized carbons (Fsp3) is 0. The Balaban J connectivity index is 2.10. The zero-order valence-corrected chi connectivity index (χ0v) is 13.5. The van der Waals surface area contributed by atoms with E-state index in [0.29, 0.717) is 9.43 Å². The molecule has 0 saturated carbocycles. The minimum absolute atomic E-state index is 0.134. The molecule has 3 N–H and O–H groups in total. The highest BCUT2D eigenvalue weighted by molar-refractivity contribution is 9.10. The van der Waals surface area contributed by atoms with E-state index in [-0.39, 0.29) is 16.5 Å². The van der Waals surface area contributed by atoms with Crippen molar-refractivity contribution in [3.05, 3.63) is 40.1 Å². The van der Waals surface area contributed by atoms with Gasteiger partial charge < -0.3 is 5.73 Å². The second kappa shape index (κ2) is 4.97. The van der Waals surface area contributed by atoms with Gasteiger partial charge in [-0.2, -0.15) is 8.42 Å². The first-order valence-electron chi connectivity index (χ1n) is 5.57. The summed E-state index contributed by atoms with van der Waals surface area (Å²) < 4.78 is 42.6. The molecular weight excluding hydrogens is 383 g/mol. The topological polar surface area (TPSA) is 89.5 Å². The number of nitrogens with one attached hydrogen (secondary N) is 1. The quantitative estimate of drug-likeness (QED) is 0.719. The third kappa shape index (κ3) is 2.49. The summed E-state index contributed by atoms with van der Waals surface area (Å²) in [4.78, 5) is 4.40. The van der Waals surface area contributed by atoms with Gasteiger partial charge in [0.15, 0.2) is 10.8 Å². The van der Waals surface area contributed by atoms with Crippen LogP contribution in [-0.2, 0) is 10.0 Å². The molecule has 0 aliphatic heterocycles. The number of rotatable bonds is 3. The smallest absolute Gasteiger partial charge is 0.281 e. The van der Waals surface area contributed by atoms with Crippen molar-refractivity contribution >= 4 is 53.8 Å². The van der Waals surface area contributed by atoms with E-state index in [1.54, 1.807) is 5.38 Å². The van der Waals surface area contributed by atoms with Gasteiger partial charge in [0.05, 0.1) is 5.69 Å². The SMILES string of the molecule is Nc1nc2sccn2c1S(=O)(=O)Nc1cc(Br)ccc1F. The summed E-state index contributed by atoms with van der Waals surface area (Å²) in [5.74, 6) is -0.823. The van der Waals surface area contributed by atoms with Gasteiger partial charge >= 0.3 is 0 Å². The number of thiazole rings is 1. The fourth-order valence-electron chi connectivity index (χ4n) is 1.82. The van der Waals surface area contributed by atoms with Gasteiger partial charge in [0.25, 0.3) is 10.0 Å². The number of aromatic nitrogens is 2. The molecule has 0 aliphatic carbocycles. The van der Waals surface area contributed by atoms with Crippen LogP contribution >= 0.6 is 27.3 Å². The Morgan fingerprint density at radius 2 is 2.19 bits per heavy atom. The van der Waals surface area contributed by atoms with Crippen LogP contribution in [0.1, 0.15) is 0 Å². The van der Waals surface area contributed by atoms with Crippen LogP contribution in [0.4, 0.5) is 15.9 Å².